The first kappa shape index (κ1) is 72.7. The second-order valence-electron chi connectivity index (χ2n) is 24.6. The molecule has 0 aliphatic heterocycles. The molecule has 3 amide bonds. The zero-order chi connectivity index (χ0) is 73.4. The van der Waals surface area contributed by atoms with Gasteiger partial charge in [-0.25, -0.2) is 53.6 Å². The molecule has 0 fully saturated rings. The Labute approximate surface area is 593 Å². The summed E-state index contributed by atoms with van der Waals surface area (Å²) in [5.41, 5.74) is 2.28. The average molecular weight is 1430 g/mol. The zero-order valence-electron chi connectivity index (χ0n) is 57.9. The molecule has 9 heterocycles. The van der Waals surface area contributed by atoms with Crippen molar-refractivity contribution >= 4 is 101 Å². The van der Waals surface area contributed by atoms with Crippen molar-refractivity contribution in [3.05, 3.63) is 110 Å². The first-order valence-corrected chi connectivity index (χ1v) is 31.8. The normalized spacial score (nSPS) is 11.8. The maximum absolute atomic E-state index is 12.8. The van der Waals surface area contributed by atoms with Crippen LogP contribution in [-0.4, -0.2) is 169 Å². The number of benzene rings is 3. The molecule has 552 valence electrons. The van der Waals surface area contributed by atoms with Crippen LogP contribution in [0.3, 0.4) is 0 Å². The maximum atomic E-state index is 12.8. The molecule has 9 N–H and O–H groups in total. The van der Waals surface area contributed by atoms with E-state index in [4.69, 9.17) is 48.4 Å². The predicted octanol–water partition coefficient (Wildman–Crippen LogP) is 13.9. The second kappa shape index (κ2) is 30.2. The van der Waals surface area contributed by atoms with Crippen molar-refractivity contribution in [2.75, 3.05) is 78.2 Å². The summed E-state index contributed by atoms with van der Waals surface area (Å²) >= 11 is 0. The predicted molar refractivity (Wildman–Crippen MR) is 397 cm³/mol. The lowest BCUT2D eigenvalue weighted by Gasteiger charge is -2.27. The fourth-order valence-electron chi connectivity index (χ4n) is 10.7. The molecule has 3 aromatic carbocycles. The SMILES string of the molecule is CCCNC(=O)C(C)(C)Nc1nc(-c2c[nH]c3ncccc23)nc2cc(OC)c(OC)cc12.COc1cc2nc(-c3c[nH]c4ncccc34)nc(NC(C)(C)C(=O)NCC(F)(F)F)c2cc1OC.COc1cc2nc(-c3c[nH]c4ncccc34)nc(NC(C)(C)C(=O)NCC(F)F)c2cc1OC.[HH].[HH].[HH].[HH].[HH].[HH].[HH].[HH].[HH]. The highest BCUT2D eigenvalue weighted by Crippen LogP contribution is 2.41. The highest BCUT2D eigenvalue weighted by molar-refractivity contribution is 6.02. The van der Waals surface area contributed by atoms with Gasteiger partial charge in [-0.3, -0.25) is 14.4 Å². The van der Waals surface area contributed by atoms with Gasteiger partial charge in [-0.05, 0) is 103 Å². The number of methoxy groups -OCH3 is 6. The minimum atomic E-state index is -4.53. The van der Waals surface area contributed by atoms with Crippen LogP contribution in [0.1, 0.15) is 67.7 Å². The third-order valence-corrected chi connectivity index (χ3v) is 16.1. The standard InChI is InChI=1S/C24H28N6O3.C23H23F3N6O3.C23H24F2N6O3.9H2/c1-6-9-26-23(31)24(2,3)30-22-15-11-18(32-4)19(33-5)12-17(15)28-21(29-22)16-13-27-20-14(16)8-7-10-25-20;1-22(2,21(33)29-11-23(24,25)26)32-20-13-8-16(34-3)17(35-4)9-15(13)30-19(31-20)14-10-28-18-12(14)6-5-7-27-18;1-23(2,22(32)28-11-18(24)25)31-21-13-8-16(33-3)17(34-4)9-15(13)29-20(30-21)14-10-27-19-12(14)6-5-7-26-19;;;;;;;;;/h7-8,10-13H,6,9H2,1-5H3,(H,25,27)(H,26,31)(H,28,29,30);5-10H,11H2,1-4H3,(H,27,28)(H,29,33)(H,30,31,32);5-10,18H,11H2,1-4H3,(H,26,27)(H,28,32)(H,29,30,31);9*1H. The average Bonchev–Trinajstić information content (AvgIpc) is 1.75. The summed E-state index contributed by atoms with van der Waals surface area (Å²) in [6, 6.07) is 21.5. The molecule has 0 atom stereocenters. The number of ether oxygens (including phenoxy) is 6. The van der Waals surface area contributed by atoms with Crippen LogP contribution in [0.5, 0.6) is 34.5 Å². The first-order chi connectivity index (χ1) is 48.6. The lowest BCUT2D eigenvalue weighted by atomic mass is 10.0. The number of hydrogen-bond donors (Lipinski definition) is 9. The number of H-pyrrole nitrogens is 3. The van der Waals surface area contributed by atoms with Crippen molar-refractivity contribution in [3.8, 4) is 68.7 Å². The van der Waals surface area contributed by atoms with E-state index in [0.29, 0.717) is 125 Å². The smallest absolute Gasteiger partial charge is 0.405 e. The minimum absolute atomic E-state index is 0. The van der Waals surface area contributed by atoms with Gasteiger partial charge in [-0.1, -0.05) is 6.92 Å². The van der Waals surface area contributed by atoms with E-state index in [1.54, 1.807) is 89.4 Å². The third kappa shape index (κ3) is 16.0. The quantitative estimate of drug-likeness (QED) is 0.0269. The number of nitrogens with zero attached hydrogens (tertiary/aromatic N) is 9. The molecule has 27 nitrogen and oxygen atoms in total. The molecule has 12 rings (SSSR count). The Bertz CT molecular complexity index is 5110. The van der Waals surface area contributed by atoms with E-state index in [9.17, 15) is 36.3 Å². The Balaban J connectivity index is 0.000000800. The van der Waals surface area contributed by atoms with Crippen molar-refractivity contribution < 1.29 is 77.6 Å². The van der Waals surface area contributed by atoms with Crippen LogP contribution in [0.15, 0.2) is 110 Å². The van der Waals surface area contributed by atoms with Gasteiger partial charge in [-0.2, -0.15) is 13.2 Å². The molecule has 9 aromatic heterocycles. The Morgan fingerprint density at radius 1 is 0.451 bits per heavy atom. The van der Waals surface area contributed by atoms with Crippen molar-refractivity contribution in [2.24, 2.45) is 0 Å². The number of halogens is 5. The number of alkyl halides is 5. The summed E-state index contributed by atoms with van der Waals surface area (Å²) in [6.07, 6.45) is 4.02. The topological polar surface area (TPSA) is 342 Å². The monoisotopic (exact) mass is 1420 g/mol. The summed E-state index contributed by atoms with van der Waals surface area (Å²) in [7, 11) is 9.15. The summed E-state index contributed by atoms with van der Waals surface area (Å²) in [4.78, 5) is 88.6. The van der Waals surface area contributed by atoms with Crippen LogP contribution in [0, 0.1) is 0 Å². The van der Waals surface area contributed by atoms with E-state index in [1.165, 1.54) is 42.3 Å². The Morgan fingerprint density at radius 2 is 0.755 bits per heavy atom. The fraction of sp³-hybridized carbons (Fsp3) is 0.314. The molecule has 0 unspecified atom stereocenters. The van der Waals surface area contributed by atoms with Crippen LogP contribution in [0.4, 0.5) is 39.4 Å². The van der Waals surface area contributed by atoms with Crippen molar-refractivity contribution in [3.63, 3.8) is 0 Å². The van der Waals surface area contributed by atoms with Crippen molar-refractivity contribution in [2.45, 2.75) is 84.1 Å². The van der Waals surface area contributed by atoms with Gasteiger partial charge in [0, 0.05) is 124 Å². The number of hydrogen-bond acceptors (Lipinski definition) is 21. The van der Waals surface area contributed by atoms with Gasteiger partial charge >= 0.3 is 6.18 Å². The van der Waals surface area contributed by atoms with Gasteiger partial charge in [0.25, 0.3) is 6.43 Å². The molecular formula is C70H93F5N18O9. The van der Waals surface area contributed by atoms with Gasteiger partial charge in [0.2, 0.25) is 17.7 Å². The summed E-state index contributed by atoms with van der Waals surface area (Å²) in [5, 5.41) is 20.8. The van der Waals surface area contributed by atoms with E-state index in [0.717, 1.165) is 33.8 Å². The molecule has 0 aliphatic rings. The molecule has 102 heavy (non-hydrogen) atoms. The second-order valence-corrected chi connectivity index (χ2v) is 24.6. The van der Waals surface area contributed by atoms with Crippen molar-refractivity contribution in [1.82, 2.24) is 75.8 Å². The number of aromatic nitrogens is 12. The molecule has 32 heteroatoms. The summed E-state index contributed by atoms with van der Waals surface area (Å²) < 4.78 is 95.8. The first-order valence-electron chi connectivity index (χ1n) is 31.8. The van der Waals surface area contributed by atoms with Gasteiger partial charge in [0.1, 0.15) is 57.6 Å². The number of carbonyl (C=O) groups excluding carboxylic acids is 3. The lowest BCUT2D eigenvalue weighted by Crippen LogP contribution is -2.50. The third-order valence-electron chi connectivity index (χ3n) is 16.1. The van der Waals surface area contributed by atoms with Gasteiger partial charge in [0.05, 0.1) is 65.8 Å². The largest absolute Gasteiger partial charge is 0.493 e. The molecular weight excluding hydrogens is 1330 g/mol. The fourth-order valence-corrected chi connectivity index (χ4v) is 10.7. The number of amides is 3. The number of carbonyl (C=O) groups is 3. The Morgan fingerprint density at radius 3 is 1.05 bits per heavy atom. The number of anilines is 3. The van der Waals surface area contributed by atoms with E-state index in [1.807, 2.05) is 74.7 Å². The van der Waals surface area contributed by atoms with E-state index in [-0.39, 0.29) is 24.6 Å². The number of aromatic amines is 3. The molecule has 0 aliphatic carbocycles. The van der Waals surface area contributed by atoms with Crippen LogP contribution < -0.4 is 60.3 Å². The highest BCUT2D eigenvalue weighted by atomic mass is 19.4. The van der Waals surface area contributed by atoms with Gasteiger partial charge < -0.3 is 75.3 Å². The summed E-state index contributed by atoms with van der Waals surface area (Å²) in [6.45, 7) is 10.2. The molecule has 0 saturated heterocycles. The van der Waals surface area contributed by atoms with Crippen LogP contribution >= 0.6 is 0 Å². The number of rotatable bonds is 23. The van der Waals surface area contributed by atoms with Gasteiger partial charge in [0.15, 0.2) is 52.0 Å². The Kier molecular flexibility index (Phi) is 21.6. The zero-order valence-corrected chi connectivity index (χ0v) is 57.9. The highest BCUT2D eigenvalue weighted by Gasteiger charge is 2.35. The number of nitrogens with one attached hydrogen (secondary N) is 9. The molecule has 0 saturated carbocycles. The van der Waals surface area contributed by atoms with Crippen LogP contribution in [-0.2, 0) is 14.4 Å². The number of fused-ring (bicyclic) bond motifs is 6. The summed E-state index contributed by atoms with van der Waals surface area (Å²) in [5.74, 6) is 3.57. The molecule has 0 radical (unpaired) electrons. The number of pyridine rings is 3. The van der Waals surface area contributed by atoms with Gasteiger partial charge in [-0.15, -0.1) is 0 Å². The van der Waals surface area contributed by atoms with Crippen LogP contribution in [0.2, 0.25) is 0 Å². The minimum Gasteiger partial charge on any atom is -0.493 e. The van der Waals surface area contributed by atoms with E-state index in [2.05, 4.69) is 66.5 Å². The Hall–Kier alpha value is -12.0. The maximum Gasteiger partial charge on any atom is 0.405 e. The van der Waals surface area contributed by atoms with E-state index >= 15 is 0 Å². The van der Waals surface area contributed by atoms with Crippen LogP contribution in [0.25, 0.3) is 100.0 Å². The molecule has 0 spiro atoms. The molecule has 12 aromatic rings. The lowest BCUT2D eigenvalue weighted by molar-refractivity contribution is -0.140. The molecule has 0 bridgehead atoms. The van der Waals surface area contributed by atoms with E-state index < -0.39 is 54.1 Å². The van der Waals surface area contributed by atoms with Crippen molar-refractivity contribution in [1.29, 1.82) is 0 Å².